The molecular weight excluding hydrogens is 570 g/mol. The summed E-state index contributed by atoms with van der Waals surface area (Å²) in [6.07, 6.45) is 13.8. The number of allylic oxidation sites excluding steroid dienone is 7. The van der Waals surface area contributed by atoms with Gasteiger partial charge in [0.15, 0.2) is 0 Å². The summed E-state index contributed by atoms with van der Waals surface area (Å²) in [7, 11) is 0. The predicted molar refractivity (Wildman–Crippen MR) is 107 cm³/mol. The van der Waals surface area contributed by atoms with Crippen LogP contribution in [0, 0.1) is 39.2 Å². The summed E-state index contributed by atoms with van der Waals surface area (Å²) in [6, 6.07) is 0. The summed E-state index contributed by atoms with van der Waals surface area (Å²) in [6.45, 7) is 34.0. The molecular formula is C23H27NO6W. The molecule has 0 unspecified atom stereocenters. The number of hydrogen-bond donors (Lipinski definition) is 0. The molecule has 0 fully saturated rings. The molecule has 166 valence electrons. The molecule has 0 radical (unpaired) electrons. The molecule has 31 heavy (non-hydrogen) atoms. The van der Waals surface area contributed by atoms with E-state index in [1.165, 1.54) is 28.9 Å². The van der Waals surface area contributed by atoms with E-state index >= 15 is 0 Å². The van der Waals surface area contributed by atoms with E-state index in [1.54, 1.807) is 0 Å². The van der Waals surface area contributed by atoms with Gasteiger partial charge in [-0.2, -0.15) is 0 Å². The zero-order valence-electron chi connectivity index (χ0n) is 18.2. The van der Waals surface area contributed by atoms with E-state index in [0.29, 0.717) is 5.92 Å². The fourth-order valence-electron chi connectivity index (χ4n) is 2.32. The molecule has 0 saturated carbocycles. The first-order valence-corrected chi connectivity index (χ1v) is 10.3. The predicted octanol–water partition coefficient (Wildman–Crippen LogP) is 3.82. The molecule has 0 aromatic rings. The molecule has 7 nitrogen and oxygen atoms in total. The summed E-state index contributed by atoms with van der Waals surface area (Å²) in [4.78, 5) is 2.42. The van der Waals surface area contributed by atoms with Crippen LogP contribution in [-0.4, -0.2) is 28.6 Å². The van der Waals surface area contributed by atoms with Crippen molar-refractivity contribution < 1.29 is 47.4 Å². The summed E-state index contributed by atoms with van der Waals surface area (Å²) in [5.74, 6) is 1.55. The zero-order chi connectivity index (χ0) is 25.7. The van der Waals surface area contributed by atoms with Gasteiger partial charge < -0.3 is 0 Å². The molecule has 1 aliphatic rings. The standard InChI is InChI=1S/C18H27NO.5CO.W/c1-5-19(6-2)15-16(4)18(20-7-3)14-17-12-10-8-9-11-13-17;5*1-2;/h8-13,17H,5-7,14H2,1-4H3;;;;;;/b18-16+;;;;;;. The van der Waals surface area contributed by atoms with Gasteiger partial charge in [0.1, 0.15) is 0 Å². The average Bonchev–Trinajstić information content (AvgIpc) is 3.14. The molecule has 0 saturated heterocycles. The third kappa shape index (κ3) is 21.0. The van der Waals surface area contributed by atoms with Crippen molar-refractivity contribution in [3.8, 4) is 0 Å². The number of rotatable bonds is 8. The quantitative estimate of drug-likeness (QED) is 0.241. The molecule has 0 aromatic carbocycles. The van der Waals surface area contributed by atoms with Crippen LogP contribution < -0.4 is 0 Å². The number of hydrogen-bond acceptors (Lipinski definition) is 2. The van der Waals surface area contributed by atoms with Crippen LogP contribution in [0.2, 0.25) is 0 Å². The Bertz CT molecular complexity index is 611. The fourth-order valence-corrected chi connectivity index (χ4v) is 3.65. The van der Waals surface area contributed by atoms with Crippen LogP contribution in [0.5, 0.6) is 0 Å². The van der Waals surface area contributed by atoms with Gasteiger partial charge in [0.25, 0.3) is 0 Å². The van der Waals surface area contributed by atoms with E-state index in [1.807, 2.05) is 0 Å². The average molecular weight is 597 g/mol. The molecule has 0 amide bonds. The van der Waals surface area contributed by atoms with Gasteiger partial charge >= 0.3 is 197 Å². The summed E-state index contributed by atoms with van der Waals surface area (Å²) in [5, 5.41) is 0. The number of ether oxygens (including phenoxy) is 1. The van der Waals surface area contributed by atoms with E-state index in [4.69, 9.17) is 28.0 Å². The molecule has 0 bridgehead atoms. The Morgan fingerprint density at radius 3 is 1.52 bits per heavy atom. The first-order valence-electron chi connectivity index (χ1n) is 8.79. The van der Waals surface area contributed by atoms with Gasteiger partial charge in [0, 0.05) is 0 Å². The van der Waals surface area contributed by atoms with Gasteiger partial charge in [-0.15, -0.1) is 0 Å². The summed E-state index contributed by atoms with van der Waals surface area (Å²) < 4.78 is 44.9. The molecule has 8 heteroatoms. The Labute approximate surface area is 196 Å². The van der Waals surface area contributed by atoms with Crippen LogP contribution in [0.4, 0.5) is 0 Å². The molecule has 0 heterocycles. The van der Waals surface area contributed by atoms with Crippen molar-refractivity contribution in [3.63, 3.8) is 0 Å². The first kappa shape index (κ1) is 39.5. The van der Waals surface area contributed by atoms with E-state index in [9.17, 15) is 0 Å². The van der Waals surface area contributed by atoms with E-state index in [0.717, 1.165) is 31.9 Å². The second-order valence-corrected chi connectivity index (χ2v) is 6.37. The Kier molecular flexibility index (Phi) is 45.1. The normalized spacial score (nSPS) is 11.2. The SMILES string of the molecule is CCO/C(CC1C=CC=CC=C1)=C(\C)[C](=[W])N(CC)CC.[C-]#[O+].[C-]#[O+].[C-]#[O+].[C-]#[O+].[C-]#[O+]. The van der Waals surface area contributed by atoms with Gasteiger partial charge in [-0.25, -0.2) is 0 Å². The van der Waals surface area contributed by atoms with Crippen LogP contribution in [0.25, 0.3) is 0 Å². The van der Waals surface area contributed by atoms with Crippen molar-refractivity contribution in [2.24, 2.45) is 5.92 Å². The Hall–Kier alpha value is -2.02. The van der Waals surface area contributed by atoms with Crippen molar-refractivity contribution in [1.82, 2.24) is 4.90 Å². The van der Waals surface area contributed by atoms with E-state index < -0.39 is 0 Å². The van der Waals surface area contributed by atoms with Gasteiger partial charge in [0.2, 0.25) is 0 Å². The van der Waals surface area contributed by atoms with E-state index in [2.05, 4.69) is 102 Å². The van der Waals surface area contributed by atoms with Crippen LogP contribution >= 0.6 is 0 Å². The Balaban J connectivity index is -0.000000197. The Morgan fingerprint density at radius 1 is 0.806 bits per heavy atom. The fraction of sp³-hybridized carbons (Fsp3) is 0.391. The first-order chi connectivity index (χ1) is 15.1. The molecule has 0 aliphatic heterocycles. The molecule has 1 rings (SSSR count). The third-order valence-corrected chi connectivity index (χ3v) is 5.61. The van der Waals surface area contributed by atoms with E-state index in [-0.39, 0.29) is 0 Å². The second-order valence-electron chi connectivity index (χ2n) is 4.98. The molecule has 1 aliphatic carbocycles. The molecule has 0 N–H and O–H groups in total. The molecule has 0 atom stereocenters. The van der Waals surface area contributed by atoms with Crippen LogP contribution in [0.1, 0.15) is 34.1 Å². The number of likely N-dealkylation sites (N-methyl/N-ethyl adjacent to an activating group) is 1. The van der Waals surface area contributed by atoms with Gasteiger partial charge in [-0.3, -0.25) is 0 Å². The third-order valence-electron chi connectivity index (χ3n) is 3.58. The van der Waals surface area contributed by atoms with Crippen molar-refractivity contribution >= 4 is 4.02 Å². The maximum atomic E-state index is 7.50. The van der Waals surface area contributed by atoms with Crippen molar-refractivity contribution in [2.75, 3.05) is 19.7 Å². The topological polar surface area (TPSA) is 112 Å². The van der Waals surface area contributed by atoms with Gasteiger partial charge in [0.05, 0.1) is 0 Å². The molecule has 0 spiro atoms. The molecule has 0 aromatic heterocycles. The zero-order valence-corrected chi connectivity index (χ0v) is 21.1. The monoisotopic (exact) mass is 597 g/mol. The van der Waals surface area contributed by atoms with Crippen LogP contribution in [0.15, 0.2) is 47.8 Å². The van der Waals surface area contributed by atoms with Crippen LogP contribution in [0.3, 0.4) is 0 Å². The van der Waals surface area contributed by atoms with Gasteiger partial charge in [-0.1, -0.05) is 0 Å². The van der Waals surface area contributed by atoms with Crippen molar-refractivity contribution in [2.45, 2.75) is 34.1 Å². The maximum absolute atomic E-state index is 7.50. The number of nitrogens with zero attached hydrogens (tertiary/aromatic N) is 1. The van der Waals surface area contributed by atoms with Crippen molar-refractivity contribution in [3.05, 3.63) is 81.0 Å². The van der Waals surface area contributed by atoms with Gasteiger partial charge in [-0.05, 0) is 0 Å². The summed E-state index contributed by atoms with van der Waals surface area (Å²) in [5.41, 5.74) is 1.31. The van der Waals surface area contributed by atoms with Crippen molar-refractivity contribution in [1.29, 1.82) is 0 Å². The Morgan fingerprint density at radius 2 is 1.19 bits per heavy atom. The second kappa shape index (κ2) is 35.4. The van der Waals surface area contributed by atoms with Crippen LogP contribution in [-0.2, 0) is 47.4 Å². The minimum absolute atomic E-state index is 0.413. The minimum atomic E-state index is 0.413. The summed E-state index contributed by atoms with van der Waals surface area (Å²) >= 11 is 1.51.